The molecule has 0 aromatic heterocycles. The molecule has 4 heteroatoms. The largest absolute Gasteiger partial charge is 0.507 e. The zero-order valence-corrected chi connectivity index (χ0v) is 14.9. The molecule has 132 valence electrons. The Kier molecular flexibility index (Phi) is 6.09. The van der Waals surface area contributed by atoms with Gasteiger partial charge in [0.2, 0.25) is 0 Å². The van der Waals surface area contributed by atoms with Crippen molar-refractivity contribution in [1.29, 1.82) is 0 Å². The Morgan fingerprint density at radius 1 is 1.00 bits per heavy atom. The summed E-state index contributed by atoms with van der Waals surface area (Å²) in [5, 5.41) is 10.1. The van der Waals surface area contributed by atoms with Crippen LogP contribution in [-0.2, 0) is 6.54 Å². The SMILES string of the molecule is COc1ccc(O)c(C[NH+]2CC[NH+](C/C=C/c3ccccc3)CC2)c1. The van der Waals surface area contributed by atoms with E-state index >= 15 is 0 Å². The minimum absolute atomic E-state index is 0.369. The number of aromatic hydroxyl groups is 1. The molecular weight excluding hydrogens is 312 g/mol. The summed E-state index contributed by atoms with van der Waals surface area (Å²) in [5.74, 6) is 1.18. The van der Waals surface area contributed by atoms with Gasteiger partial charge in [-0.3, -0.25) is 0 Å². The fourth-order valence-electron chi connectivity index (χ4n) is 3.36. The van der Waals surface area contributed by atoms with E-state index in [1.54, 1.807) is 24.1 Å². The van der Waals surface area contributed by atoms with E-state index in [1.165, 1.54) is 23.6 Å². The highest BCUT2D eigenvalue weighted by Gasteiger charge is 2.23. The van der Waals surface area contributed by atoms with Crippen LogP contribution in [0.1, 0.15) is 11.1 Å². The number of phenolic OH excluding ortho intramolecular Hbond substituents is 1. The number of quaternary nitrogens is 2. The first-order valence-electron chi connectivity index (χ1n) is 8.99. The van der Waals surface area contributed by atoms with E-state index in [0.29, 0.717) is 5.75 Å². The van der Waals surface area contributed by atoms with Crippen molar-refractivity contribution < 1.29 is 19.6 Å². The molecule has 0 aliphatic carbocycles. The molecule has 0 unspecified atom stereocenters. The van der Waals surface area contributed by atoms with Gasteiger partial charge in [0, 0.05) is 0 Å². The van der Waals surface area contributed by atoms with Gasteiger partial charge in [-0.05, 0) is 29.8 Å². The van der Waals surface area contributed by atoms with Crippen molar-refractivity contribution in [2.45, 2.75) is 6.54 Å². The number of phenols is 1. The van der Waals surface area contributed by atoms with Gasteiger partial charge in [0.05, 0.1) is 19.2 Å². The molecule has 1 heterocycles. The quantitative estimate of drug-likeness (QED) is 0.712. The van der Waals surface area contributed by atoms with Crippen molar-refractivity contribution in [2.24, 2.45) is 0 Å². The topological polar surface area (TPSA) is 38.3 Å². The predicted octanol–water partition coefficient (Wildman–Crippen LogP) is 0.398. The minimum Gasteiger partial charge on any atom is -0.507 e. The number of benzene rings is 2. The van der Waals surface area contributed by atoms with E-state index in [4.69, 9.17) is 4.74 Å². The van der Waals surface area contributed by atoms with Crippen LogP contribution in [0, 0.1) is 0 Å². The molecule has 0 bridgehead atoms. The summed E-state index contributed by atoms with van der Waals surface area (Å²) in [7, 11) is 1.66. The Labute approximate surface area is 150 Å². The number of ether oxygens (including phenoxy) is 1. The highest BCUT2D eigenvalue weighted by atomic mass is 16.5. The van der Waals surface area contributed by atoms with E-state index < -0.39 is 0 Å². The summed E-state index contributed by atoms with van der Waals surface area (Å²) in [5.41, 5.74) is 2.24. The molecule has 0 amide bonds. The molecule has 0 atom stereocenters. The molecule has 25 heavy (non-hydrogen) atoms. The second-order valence-corrected chi connectivity index (χ2v) is 6.69. The third-order valence-electron chi connectivity index (χ3n) is 4.91. The molecule has 1 fully saturated rings. The normalized spacial score (nSPS) is 20.7. The van der Waals surface area contributed by atoms with Gasteiger partial charge >= 0.3 is 0 Å². The Morgan fingerprint density at radius 2 is 1.72 bits per heavy atom. The molecule has 3 N–H and O–H groups in total. The monoisotopic (exact) mass is 340 g/mol. The van der Waals surface area contributed by atoms with Crippen molar-refractivity contribution in [1.82, 2.24) is 0 Å². The van der Waals surface area contributed by atoms with E-state index in [-0.39, 0.29) is 0 Å². The van der Waals surface area contributed by atoms with Crippen LogP contribution in [0.3, 0.4) is 0 Å². The van der Waals surface area contributed by atoms with Crippen LogP contribution >= 0.6 is 0 Å². The third kappa shape index (κ3) is 5.08. The summed E-state index contributed by atoms with van der Waals surface area (Å²) < 4.78 is 5.26. The van der Waals surface area contributed by atoms with E-state index in [0.717, 1.165) is 37.5 Å². The van der Waals surface area contributed by atoms with Crippen LogP contribution in [0.25, 0.3) is 6.08 Å². The average Bonchev–Trinajstić information content (AvgIpc) is 2.66. The maximum Gasteiger partial charge on any atom is 0.127 e. The van der Waals surface area contributed by atoms with Crippen molar-refractivity contribution in [3.05, 3.63) is 65.7 Å². The zero-order chi connectivity index (χ0) is 17.5. The lowest BCUT2D eigenvalue weighted by Gasteiger charge is -2.29. The Bertz CT molecular complexity index is 692. The molecule has 0 radical (unpaired) electrons. The van der Waals surface area contributed by atoms with Crippen molar-refractivity contribution in [3.8, 4) is 11.5 Å². The molecule has 0 saturated carbocycles. The molecular formula is C21H28N2O2+2. The molecule has 1 aliphatic heterocycles. The summed E-state index contributed by atoms with van der Waals surface area (Å²) >= 11 is 0. The lowest BCUT2D eigenvalue weighted by atomic mass is 10.1. The van der Waals surface area contributed by atoms with Crippen LogP contribution in [-0.4, -0.2) is 44.9 Å². The van der Waals surface area contributed by atoms with E-state index in [2.05, 4.69) is 36.4 Å². The van der Waals surface area contributed by atoms with Crippen LogP contribution in [0.4, 0.5) is 0 Å². The summed E-state index contributed by atoms with van der Waals surface area (Å²) in [4.78, 5) is 3.16. The van der Waals surface area contributed by atoms with Gasteiger partial charge < -0.3 is 19.6 Å². The lowest BCUT2D eigenvalue weighted by molar-refractivity contribution is -1.02. The molecule has 2 aromatic rings. The van der Waals surface area contributed by atoms with Crippen LogP contribution in [0.5, 0.6) is 11.5 Å². The van der Waals surface area contributed by atoms with Gasteiger partial charge in [-0.1, -0.05) is 36.4 Å². The Morgan fingerprint density at radius 3 is 2.44 bits per heavy atom. The minimum atomic E-state index is 0.369. The van der Waals surface area contributed by atoms with Gasteiger partial charge in [-0.2, -0.15) is 0 Å². The number of hydrogen-bond acceptors (Lipinski definition) is 2. The van der Waals surface area contributed by atoms with Crippen LogP contribution < -0.4 is 14.5 Å². The number of methoxy groups -OCH3 is 1. The fraction of sp³-hybridized carbons (Fsp3) is 0.333. The number of rotatable bonds is 6. The lowest BCUT2D eigenvalue weighted by Crippen LogP contribution is -3.27. The fourth-order valence-corrected chi connectivity index (χ4v) is 3.36. The van der Waals surface area contributed by atoms with Crippen molar-refractivity contribution >= 4 is 6.08 Å². The van der Waals surface area contributed by atoms with Crippen molar-refractivity contribution in [2.75, 3.05) is 39.8 Å². The molecule has 1 saturated heterocycles. The number of nitrogens with one attached hydrogen (secondary N) is 2. The van der Waals surface area contributed by atoms with Crippen LogP contribution in [0.2, 0.25) is 0 Å². The van der Waals surface area contributed by atoms with Gasteiger partial charge in [-0.25, -0.2) is 0 Å². The van der Waals surface area contributed by atoms with E-state index in [9.17, 15) is 5.11 Å². The van der Waals surface area contributed by atoms with Gasteiger partial charge in [0.25, 0.3) is 0 Å². The van der Waals surface area contributed by atoms with E-state index in [1.807, 2.05) is 12.1 Å². The van der Waals surface area contributed by atoms with Gasteiger partial charge in [-0.15, -0.1) is 0 Å². The van der Waals surface area contributed by atoms with Crippen LogP contribution in [0.15, 0.2) is 54.6 Å². The first kappa shape index (κ1) is 17.5. The summed E-state index contributed by atoms with van der Waals surface area (Å²) in [6.07, 6.45) is 4.49. The maximum absolute atomic E-state index is 10.1. The highest BCUT2D eigenvalue weighted by Crippen LogP contribution is 2.21. The Balaban J connectivity index is 1.46. The second-order valence-electron chi connectivity index (χ2n) is 6.69. The number of piperazine rings is 1. The molecule has 0 spiro atoms. The molecule has 2 aromatic carbocycles. The summed E-state index contributed by atoms with van der Waals surface area (Å²) in [6, 6.07) is 15.9. The second kappa shape index (κ2) is 8.70. The Hall–Kier alpha value is -2.30. The van der Waals surface area contributed by atoms with Gasteiger partial charge in [0.15, 0.2) is 0 Å². The average molecular weight is 340 g/mol. The number of hydrogen-bond donors (Lipinski definition) is 3. The smallest absolute Gasteiger partial charge is 0.127 e. The summed E-state index contributed by atoms with van der Waals surface area (Å²) in [6.45, 7) is 6.53. The molecule has 1 aliphatic rings. The first-order valence-corrected chi connectivity index (χ1v) is 8.99. The maximum atomic E-state index is 10.1. The van der Waals surface area contributed by atoms with Gasteiger partial charge in [0.1, 0.15) is 44.2 Å². The standard InChI is InChI=1S/C21H26N2O2/c1-25-20-9-10-21(24)19(16-20)17-23-14-12-22(13-15-23)11-5-8-18-6-3-2-4-7-18/h2-10,16,24H,11-15,17H2,1H3/p+2/b8-5+. The highest BCUT2D eigenvalue weighted by molar-refractivity contribution is 5.48. The molecule has 3 rings (SSSR count). The first-order chi connectivity index (χ1) is 12.2. The zero-order valence-electron chi connectivity index (χ0n) is 14.9. The predicted molar refractivity (Wildman–Crippen MR) is 100 cm³/mol. The van der Waals surface area contributed by atoms with Crippen molar-refractivity contribution in [3.63, 3.8) is 0 Å². The third-order valence-corrected chi connectivity index (χ3v) is 4.91. The molecule has 4 nitrogen and oxygen atoms in total.